The van der Waals surface area contributed by atoms with Gasteiger partial charge in [0.2, 0.25) is 5.91 Å². The number of amides is 2. The Kier molecular flexibility index (Phi) is 6.81. The number of methoxy groups -OCH3 is 2. The highest BCUT2D eigenvalue weighted by atomic mass is 16.5. The third-order valence-electron chi connectivity index (χ3n) is 5.10. The van der Waals surface area contributed by atoms with E-state index in [1.54, 1.807) is 38.3 Å². The first-order valence-corrected chi connectivity index (χ1v) is 10.0. The zero-order valence-electron chi connectivity index (χ0n) is 18.2. The summed E-state index contributed by atoms with van der Waals surface area (Å²) in [4.78, 5) is 26.1. The molecule has 2 aromatic carbocycles. The Bertz CT molecular complexity index is 1000. The molecular weight excluding hydrogens is 396 g/mol. The van der Waals surface area contributed by atoms with Gasteiger partial charge in [-0.05, 0) is 43.3 Å². The number of rotatable bonds is 8. The van der Waals surface area contributed by atoms with Crippen molar-refractivity contribution in [2.45, 2.75) is 19.4 Å². The van der Waals surface area contributed by atoms with Crippen LogP contribution >= 0.6 is 0 Å². The van der Waals surface area contributed by atoms with Crippen LogP contribution in [-0.2, 0) is 9.59 Å². The van der Waals surface area contributed by atoms with E-state index in [-0.39, 0.29) is 17.9 Å². The van der Waals surface area contributed by atoms with E-state index in [1.165, 1.54) is 0 Å². The van der Waals surface area contributed by atoms with E-state index in [4.69, 9.17) is 15.2 Å². The molecule has 0 radical (unpaired) electrons. The molecule has 0 aromatic heterocycles. The lowest BCUT2D eigenvalue weighted by Gasteiger charge is -2.18. The van der Waals surface area contributed by atoms with Gasteiger partial charge in [0.1, 0.15) is 0 Å². The predicted octanol–water partition coefficient (Wildman–Crippen LogP) is 2.85. The molecule has 2 amide bonds. The van der Waals surface area contributed by atoms with Crippen molar-refractivity contribution in [1.82, 2.24) is 0 Å². The number of carbonyl (C=O) groups excluding carboxylic acids is 2. The Labute approximate surface area is 182 Å². The topological polar surface area (TPSA) is 106 Å². The average molecular weight is 425 g/mol. The molecule has 4 N–H and O–H groups in total. The molecule has 1 aliphatic rings. The van der Waals surface area contributed by atoms with E-state index >= 15 is 0 Å². The van der Waals surface area contributed by atoms with Gasteiger partial charge >= 0.3 is 0 Å². The van der Waals surface area contributed by atoms with Crippen molar-refractivity contribution in [3.63, 3.8) is 0 Å². The Morgan fingerprint density at radius 1 is 1.19 bits per heavy atom. The zero-order chi connectivity index (χ0) is 22.5. The lowest BCUT2D eigenvalue weighted by atomic mass is 10.0. The maximum atomic E-state index is 12.5. The van der Waals surface area contributed by atoms with Gasteiger partial charge in [-0.25, -0.2) is 0 Å². The molecule has 0 saturated carbocycles. The normalized spacial score (nSPS) is 14.6. The molecule has 1 heterocycles. The number of nitrogens with one attached hydrogen (secondary N) is 2. The van der Waals surface area contributed by atoms with Crippen LogP contribution in [0, 0.1) is 0 Å². The number of anilines is 3. The molecule has 1 unspecified atom stereocenters. The Morgan fingerprint density at radius 2 is 1.84 bits per heavy atom. The van der Waals surface area contributed by atoms with Crippen molar-refractivity contribution in [3.05, 3.63) is 48.0 Å². The van der Waals surface area contributed by atoms with Gasteiger partial charge in [0, 0.05) is 54.6 Å². The lowest BCUT2D eigenvalue weighted by molar-refractivity contribution is -0.118. The fraction of sp³-hybridized carbons (Fsp3) is 0.304. The van der Waals surface area contributed by atoms with E-state index in [1.807, 2.05) is 37.3 Å². The first-order valence-electron chi connectivity index (χ1n) is 10.0. The molecule has 2 aromatic rings. The molecule has 8 nitrogen and oxygen atoms in total. The monoisotopic (exact) mass is 424 g/mol. The largest absolute Gasteiger partial charge is 0.493 e. The highest BCUT2D eigenvalue weighted by Crippen LogP contribution is 2.40. The van der Waals surface area contributed by atoms with E-state index < -0.39 is 0 Å². The van der Waals surface area contributed by atoms with Gasteiger partial charge in [0.15, 0.2) is 11.5 Å². The average Bonchev–Trinajstić information content (AvgIpc) is 3.06. The third-order valence-corrected chi connectivity index (χ3v) is 5.10. The van der Waals surface area contributed by atoms with Gasteiger partial charge in [-0.1, -0.05) is 0 Å². The first kappa shape index (κ1) is 22.2. The Balaban J connectivity index is 1.76. The van der Waals surface area contributed by atoms with E-state index in [9.17, 15) is 9.59 Å². The van der Waals surface area contributed by atoms with Crippen LogP contribution in [0.4, 0.5) is 17.1 Å². The first-order chi connectivity index (χ1) is 14.9. The van der Waals surface area contributed by atoms with E-state index in [2.05, 4.69) is 10.6 Å². The maximum absolute atomic E-state index is 12.5. The molecule has 31 heavy (non-hydrogen) atoms. The fourth-order valence-electron chi connectivity index (χ4n) is 3.45. The summed E-state index contributed by atoms with van der Waals surface area (Å²) in [6, 6.07) is 11.0. The number of benzene rings is 2. The molecule has 0 aliphatic carbocycles. The summed E-state index contributed by atoms with van der Waals surface area (Å²) in [5.74, 6) is 0.922. The van der Waals surface area contributed by atoms with Gasteiger partial charge in [-0.3, -0.25) is 9.59 Å². The molecule has 0 saturated heterocycles. The van der Waals surface area contributed by atoms with Gasteiger partial charge in [-0.15, -0.1) is 0 Å². The number of nitrogens with zero attached hydrogens (tertiary/aromatic N) is 1. The molecule has 1 atom stereocenters. The van der Waals surface area contributed by atoms with Gasteiger partial charge in [-0.2, -0.15) is 0 Å². The smallest absolute Gasteiger partial charge is 0.256 e. The number of nitrogens with two attached hydrogens (primary N) is 1. The predicted molar refractivity (Wildman–Crippen MR) is 123 cm³/mol. The van der Waals surface area contributed by atoms with Gasteiger partial charge in [0.25, 0.3) is 5.91 Å². The standard InChI is InChI=1S/C23H28N4O4/c1-14(25-15-5-7-16(8-6-15)27(2)22(28)9-10-24)11-18-17-12-20(30-3)21(31-4)13-19(17)26-23(18)29/h5-8,11-14,25H,9-10,24H2,1-4H3,(H,26,29). The molecule has 0 bridgehead atoms. The second kappa shape index (κ2) is 9.53. The van der Waals surface area contributed by atoms with Crippen LogP contribution in [0.2, 0.25) is 0 Å². The summed E-state index contributed by atoms with van der Waals surface area (Å²) >= 11 is 0. The summed E-state index contributed by atoms with van der Waals surface area (Å²) in [5.41, 5.74) is 9.15. The van der Waals surface area contributed by atoms with Crippen molar-refractivity contribution in [2.24, 2.45) is 5.73 Å². The highest BCUT2D eigenvalue weighted by Gasteiger charge is 2.27. The van der Waals surface area contributed by atoms with Crippen molar-refractivity contribution in [3.8, 4) is 11.5 Å². The van der Waals surface area contributed by atoms with Crippen molar-refractivity contribution in [2.75, 3.05) is 43.3 Å². The van der Waals surface area contributed by atoms with Crippen LogP contribution in [-0.4, -0.2) is 45.7 Å². The summed E-state index contributed by atoms with van der Waals surface area (Å²) in [6.07, 6.45) is 2.18. The van der Waals surface area contributed by atoms with Gasteiger partial charge < -0.3 is 30.7 Å². The van der Waals surface area contributed by atoms with Crippen molar-refractivity contribution < 1.29 is 19.1 Å². The molecule has 0 spiro atoms. The molecule has 8 heteroatoms. The van der Waals surface area contributed by atoms with Crippen molar-refractivity contribution >= 4 is 34.4 Å². The third kappa shape index (κ3) is 4.80. The van der Waals surface area contributed by atoms with Crippen LogP contribution in [0.25, 0.3) is 5.57 Å². The molecular formula is C23H28N4O4. The minimum atomic E-state index is -0.172. The van der Waals surface area contributed by atoms with Crippen LogP contribution in [0.5, 0.6) is 11.5 Å². The SMILES string of the molecule is COc1cc2c(cc1OC)C(=CC(C)Nc1ccc(N(C)C(=O)CCN)cc1)C(=O)N2. The number of carbonyl (C=O) groups is 2. The lowest BCUT2D eigenvalue weighted by Crippen LogP contribution is -2.28. The second-order valence-electron chi connectivity index (χ2n) is 7.26. The minimum Gasteiger partial charge on any atom is -0.493 e. The second-order valence-corrected chi connectivity index (χ2v) is 7.26. The molecule has 0 fully saturated rings. The quantitative estimate of drug-likeness (QED) is 0.563. The molecule has 164 valence electrons. The summed E-state index contributed by atoms with van der Waals surface area (Å²) < 4.78 is 10.7. The Morgan fingerprint density at radius 3 is 2.45 bits per heavy atom. The van der Waals surface area contributed by atoms with Crippen LogP contribution < -0.4 is 30.7 Å². The summed E-state index contributed by atoms with van der Waals surface area (Å²) in [6.45, 7) is 2.29. The maximum Gasteiger partial charge on any atom is 0.256 e. The van der Waals surface area contributed by atoms with Crippen LogP contribution in [0.3, 0.4) is 0 Å². The molecule has 3 rings (SSSR count). The highest BCUT2D eigenvalue weighted by molar-refractivity contribution is 6.31. The van der Waals surface area contributed by atoms with Crippen molar-refractivity contribution in [1.29, 1.82) is 0 Å². The fourth-order valence-corrected chi connectivity index (χ4v) is 3.45. The van der Waals surface area contributed by atoms with E-state index in [0.717, 1.165) is 16.9 Å². The van der Waals surface area contributed by atoms with Gasteiger partial charge in [0.05, 0.1) is 19.9 Å². The number of hydrogen-bond donors (Lipinski definition) is 3. The van der Waals surface area contributed by atoms with E-state index in [0.29, 0.717) is 35.7 Å². The summed E-state index contributed by atoms with van der Waals surface area (Å²) in [7, 11) is 4.85. The number of hydrogen-bond acceptors (Lipinski definition) is 6. The number of fused-ring (bicyclic) bond motifs is 1. The van der Waals surface area contributed by atoms with Crippen LogP contribution in [0.15, 0.2) is 42.5 Å². The van der Waals surface area contributed by atoms with Crippen LogP contribution in [0.1, 0.15) is 18.9 Å². The Hall–Kier alpha value is -3.52. The zero-order valence-corrected chi connectivity index (χ0v) is 18.2. The molecule has 1 aliphatic heterocycles. The number of ether oxygens (including phenoxy) is 2. The minimum absolute atomic E-state index is 0.0284. The summed E-state index contributed by atoms with van der Waals surface area (Å²) in [5, 5.41) is 6.22.